The fraction of sp³-hybridized carbons (Fsp3) is 0.222. The minimum atomic E-state index is -0.254. The maximum absolute atomic E-state index is 11.8. The molecule has 78 valence electrons. The molecule has 0 saturated heterocycles. The van der Waals surface area contributed by atoms with Gasteiger partial charge in [-0.25, -0.2) is 5.10 Å². The van der Waals surface area contributed by atoms with E-state index in [4.69, 9.17) is 4.42 Å². The first-order chi connectivity index (χ1) is 7.18. The average molecular weight is 206 g/mol. The summed E-state index contributed by atoms with van der Waals surface area (Å²) in [5.41, 5.74) is 1.33. The predicted octanol–water partition coefficient (Wildman–Crippen LogP) is 1.27. The summed E-state index contributed by atoms with van der Waals surface area (Å²) in [6, 6.07) is 0. The van der Waals surface area contributed by atoms with Crippen molar-refractivity contribution >= 4 is 11.9 Å². The van der Waals surface area contributed by atoms with Crippen LogP contribution in [0.1, 0.15) is 21.7 Å². The second-order valence-corrected chi connectivity index (χ2v) is 3.14. The van der Waals surface area contributed by atoms with Gasteiger partial charge in [-0.15, -0.1) is 0 Å². The largest absolute Gasteiger partial charge is 0.469 e. The van der Waals surface area contributed by atoms with Crippen LogP contribution >= 0.6 is 0 Å². The van der Waals surface area contributed by atoms with Gasteiger partial charge < -0.3 is 4.42 Å². The lowest BCUT2D eigenvalue weighted by atomic mass is 10.1. The zero-order valence-electron chi connectivity index (χ0n) is 8.37. The highest BCUT2D eigenvalue weighted by Crippen LogP contribution is 2.16. The Hall–Kier alpha value is -2.11. The fourth-order valence-corrected chi connectivity index (χ4v) is 1.35. The molecular formula is C9H10N4O2. The van der Waals surface area contributed by atoms with E-state index in [1.54, 1.807) is 13.2 Å². The molecule has 2 heterocycles. The number of anilines is 1. The average Bonchev–Trinajstić information content (AvgIpc) is 2.77. The van der Waals surface area contributed by atoms with Crippen molar-refractivity contribution in [3.8, 4) is 0 Å². The van der Waals surface area contributed by atoms with Crippen molar-refractivity contribution in [2.45, 2.75) is 13.8 Å². The number of furan rings is 1. The zero-order valence-corrected chi connectivity index (χ0v) is 8.37. The Bertz CT molecular complexity index is 453. The number of rotatable bonds is 2. The molecule has 6 heteroatoms. The number of aryl methyl sites for hydroxylation is 2. The third-order valence-corrected chi connectivity index (χ3v) is 2.03. The molecule has 0 aromatic carbocycles. The molecule has 0 fully saturated rings. The molecule has 0 bridgehead atoms. The Morgan fingerprint density at radius 2 is 2.33 bits per heavy atom. The number of nitrogens with one attached hydrogen (secondary N) is 2. The Kier molecular flexibility index (Phi) is 2.24. The summed E-state index contributed by atoms with van der Waals surface area (Å²) in [5.74, 6) is 0.653. The van der Waals surface area contributed by atoms with Crippen LogP contribution in [0.2, 0.25) is 0 Å². The van der Waals surface area contributed by atoms with Crippen molar-refractivity contribution in [2.75, 3.05) is 5.32 Å². The van der Waals surface area contributed by atoms with Gasteiger partial charge in [-0.05, 0) is 13.8 Å². The minimum absolute atomic E-state index is 0.254. The van der Waals surface area contributed by atoms with Gasteiger partial charge in [-0.1, -0.05) is 0 Å². The van der Waals surface area contributed by atoms with Crippen LogP contribution in [0, 0.1) is 13.8 Å². The van der Waals surface area contributed by atoms with Crippen LogP contribution in [0.4, 0.5) is 5.95 Å². The van der Waals surface area contributed by atoms with E-state index in [-0.39, 0.29) is 5.91 Å². The highest BCUT2D eigenvalue weighted by molar-refractivity contribution is 6.05. The summed E-state index contributed by atoms with van der Waals surface area (Å²) in [5, 5.41) is 8.75. The van der Waals surface area contributed by atoms with Crippen LogP contribution in [0.25, 0.3) is 0 Å². The SMILES string of the molecule is Cc1coc(C)c1C(=O)Nc1ncn[nH]1. The molecule has 0 aliphatic rings. The van der Waals surface area contributed by atoms with Crippen LogP contribution in [-0.4, -0.2) is 21.1 Å². The van der Waals surface area contributed by atoms with E-state index >= 15 is 0 Å². The van der Waals surface area contributed by atoms with Gasteiger partial charge in [0.15, 0.2) is 0 Å². The van der Waals surface area contributed by atoms with E-state index in [1.165, 1.54) is 6.33 Å². The second-order valence-electron chi connectivity index (χ2n) is 3.14. The zero-order chi connectivity index (χ0) is 10.8. The normalized spacial score (nSPS) is 10.3. The summed E-state index contributed by atoms with van der Waals surface area (Å²) in [4.78, 5) is 15.6. The molecule has 0 aliphatic carbocycles. The summed E-state index contributed by atoms with van der Waals surface area (Å²) in [6.45, 7) is 3.55. The van der Waals surface area contributed by atoms with E-state index in [9.17, 15) is 4.79 Å². The van der Waals surface area contributed by atoms with Crippen LogP contribution in [0.15, 0.2) is 17.0 Å². The highest BCUT2D eigenvalue weighted by atomic mass is 16.3. The van der Waals surface area contributed by atoms with Crippen molar-refractivity contribution in [2.24, 2.45) is 0 Å². The number of nitrogens with zero attached hydrogens (tertiary/aromatic N) is 2. The quantitative estimate of drug-likeness (QED) is 0.774. The second kappa shape index (κ2) is 3.56. The number of hydrogen-bond donors (Lipinski definition) is 2. The van der Waals surface area contributed by atoms with Crippen LogP contribution in [-0.2, 0) is 0 Å². The highest BCUT2D eigenvalue weighted by Gasteiger charge is 2.16. The van der Waals surface area contributed by atoms with Crippen molar-refractivity contribution < 1.29 is 9.21 Å². The lowest BCUT2D eigenvalue weighted by Crippen LogP contribution is -2.14. The van der Waals surface area contributed by atoms with Gasteiger partial charge in [-0.2, -0.15) is 10.1 Å². The molecule has 0 radical (unpaired) electrons. The van der Waals surface area contributed by atoms with E-state index in [2.05, 4.69) is 20.5 Å². The maximum Gasteiger partial charge on any atom is 0.261 e. The molecule has 0 unspecified atom stereocenters. The molecule has 1 amide bonds. The maximum atomic E-state index is 11.8. The lowest BCUT2D eigenvalue weighted by molar-refractivity contribution is 0.102. The number of amides is 1. The van der Waals surface area contributed by atoms with Crippen molar-refractivity contribution in [1.29, 1.82) is 0 Å². The number of aromatic amines is 1. The first kappa shape index (κ1) is 9.45. The molecule has 6 nitrogen and oxygen atoms in total. The Labute approximate surface area is 85.7 Å². The van der Waals surface area contributed by atoms with Gasteiger partial charge in [0.25, 0.3) is 5.91 Å². The van der Waals surface area contributed by atoms with Gasteiger partial charge in [0, 0.05) is 5.56 Å². The first-order valence-corrected chi connectivity index (χ1v) is 4.40. The summed E-state index contributed by atoms with van der Waals surface area (Å²) >= 11 is 0. The van der Waals surface area contributed by atoms with Gasteiger partial charge in [0.2, 0.25) is 5.95 Å². The monoisotopic (exact) mass is 206 g/mol. The Balaban J connectivity index is 2.22. The Morgan fingerprint density at radius 3 is 2.87 bits per heavy atom. The summed E-state index contributed by atoms with van der Waals surface area (Å²) in [7, 11) is 0. The van der Waals surface area contributed by atoms with Crippen LogP contribution in [0.5, 0.6) is 0 Å². The van der Waals surface area contributed by atoms with Crippen LogP contribution in [0.3, 0.4) is 0 Å². The van der Waals surface area contributed by atoms with Crippen molar-refractivity contribution in [1.82, 2.24) is 15.2 Å². The topological polar surface area (TPSA) is 83.8 Å². The number of carbonyl (C=O) groups is 1. The van der Waals surface area contributed by atoms with Gasteiger partial charge in [-0.3, -0.25) is 10.1 Å². The summed E-state index contributed by atoms with van der Waals surface area (Å²) in [6.07, 6.45) is 2.87. The smallest absolute Gasteiger partial charge is 0.261 e. The van der Waals surface area contributed by atoms with E-state index in [1.807, 2.05) is 6.92 Å². The molecule has 0 aliphatic heterocycles. The van der Waals surface area contributed by atoms with Gasteiger partial charge in [0.1, 0.15) is 12.1 Å². The fourth-order valence-electron chi connectivity index (χ4n) is 1.35. The number of aromatic nitrogens is 3. The van der Waals surface area contributed by atoms with E-state index < -0.39 is 0 Å². The molecule has 2 rings (SSSR count). The van der Waals surface area contributed by atoms with Gasteiger partial charge >= 0.3 is 0 Å². The Morgan fingerprint density at radius 1 is 1.53 bits per heavy atom. The van der Waals surface area contributed by atoms with Crippen LogP contribution < -0.4 is 5.32 Å². The molecular weight excluding hydrogens is 196 g/mol. The number of hydrogen-bond acceptors (Lipinski definition) is 4. The molecule has 0 atom stereocenters. The lowest BCUT2D eigenvalue weighted by Gasteiger charge is -2.00. The molecule has 2 aromatic rings. The molecule has 2 aromatic heterocycles. The van der Waals surface area contributed by atoms with E-state index in [0.29, 0.717) is 17.3 Å². The standard InChI is InChI=1S/C9H10N4O2/c1-5-3-15-6(2)7(5)8(14)12-9-10-4-11-13-9/h3-4H,1-2H3,(H2,10,11,12,13,14). The molecule has 0 saturated carbocycles. The molecule has 2 N–H and O–H groups in total. The van der Waals surface area contributed by atoms with Crippen molar-refractivity contribution in [3.63, 3.8) is 0 Å². The van der Waals surface area contributed by atoms with E-state index in [0.717, 1.165) is 5.56 Å². The minimum Gasteiger partial charge on any atom is -0.469 e. The first-order valence-electron chi connectivity index (χ1n) is 4.40. The van der Waals surface area contributed by atoms with Gasteiger partial charge in [0.05, 0.1) is 11.8 Å². The van der Waals surface area contributed by atoms with Crippen molar-refractivity contribution in [3.05, 3.63) is 29.5 Å². The molecule has 0 spiro atoms. The number of H-pyrrole nitrogens is 1. The third-order valence-electron chi connectivity index (χ3n) is 2.03. The number of carbonyl (C=O) groups excluding carboxylic acids is 1. The third kappa shape index (κ3) is 1.74. The predicted molar refractivity (Wildman–Crippen MR) is 52.5 cm³/mol. The summed E-state index contributed by atoms with van der Waals surface area (Å²) < 4.78 is 5.13. The molecule has 15 heavy (non-hydrogen) atoms.